The Hall–Kier alpha value is -0.940. The van der Waals surface area contributed by atoms with Crippen molar-refractivity contribution in [1.82, 2.24) is 0 Å². The minimum atomic E-state index is -0.344. The maximum atomic E-state index is 11.4. The van der Waals surface area contributed by atoms with Crippen molar-refractivity contribution in [3.63, 3.8) is 0 Å². The van der Waals surface area contributed by atoms with Crippen LogP contribution in [0.2, 0.25) is 0 Å². The fourth-order valence-corrected chi connectivity index (χ4v) is 1.11. The molecule has 5 nitrogen and oxygen atoms in total. The van der Waals surface area contributed by atoms with Crippen LogP contribution >= 0.6 is 0 Å². The number of esters is 1. The van der Waals surface area contributed by atoms with E-state index >= 15 is 0 Å². The molecule has 17 heavy (non-hydrogen) atoms. The van der Waals surface area contributed by atoms with E-state index in [-0.39, 0.29) is 37.3 Å². The topological polar surface area (TPSA) is 61.8 Å². The summed E-state index contributed by atoms with van der Waals surface area (Å²) in [7, 11) is 0. The van der Waals surface area contributed by atoms with E-state index in [0.717, 1.165) is 0 Å². The highest BCUT2D eigenvalue weighted by Gasteiger charge is 2.10. The molecule has 0 radical (unpaired) electrons. The molecule has 0 spiro atoms. The molecule has 5 heteroatoms. The number of rotatable bonds is 10. The van der Waals surface area contributed by atoms with Gasteiger partial charge < -0.3 is 14.2 Å². The predicted octanol–water partition coefficient (Wildman–Crippen LogP) is 1.34. The first kappa shape index (κ1) is 16.1. The molecule has 0 aromatic heterocycles. The normalized spacial score (nSPS) is 12.2. The Morgan fingerprint density at radius 1 is 1.12 bits per heavy atom. The first-order chi connectivity index (χ1) is 8.10. The summed E-state index contributed by atoms with van der Waals surface area (Å²) in [6, 6.07) is 0. The second-order valence-corrected chi connectivity index (χ2v) is 3.62. The summed E-state index contributed by atoms with van der Waals surface area (Å²) in [6.07, 6.45) is 0.178. The third kappa shape index (κ3) is 9.96. The minimum Gasteiger partial charge on any atom is -0.466 e. The van der Waals surface area contributed by atoms with Crippen LogP contribution < -0.4 is 0 Å². The highest BCUT2D eigenvalue weighted by Crippen LogP contribution is 1.98. The SMILES string of the molecule is CCOCC(C)OCC(=O)CCC(=O)OCC. The Morgan fingerprint density at radius 2 is 1.82 bits per heavy atom. The van der Waals surface area contributed by atoms with E-state index < -0.39 is 0 Å². The van der Waals surface area contributed by atoms with Crippen LogP contribution in [0.1, 0.15) is 33.6 Å². The van der Waals surface area contributed by atoms with Crippen LogP contribution in [0.5, 0.6) is 0 Å². The zero-order valence-corrected chi connectivity index (χ0v) is 10.9. The third-order valence-electron chi connectivity index (χ3n) is 2.00. The van der Waals surface area contributed by atoms with Gasteiger partial charge in [0, 0.05) is 13.0 Å². The monoisotopic (exact) mass is 246 g/mol. The first-order valence-electron chi connectivity index (χ1n) is 5.96. The summed E-state index contributed by atoms with van der Waals surface area (Å²) in [6.45, 7) is 6.94. The molecule has 0 amide bonds. The van der Waals surface area contributed by atoms with Gasteiger partial charge in [-0.2, -0.15) is 0 Å². The van der Waals surface area contributed by atoms with Crippen molar-refractivity contribution in [1.29, 1.82) is 0 Å². The van der Waals surface area contributed by atoms with Gasteiger partial charge in [0.05, 0.1) is 25.7 Å². The van der Waals surface area contributed by atoms with Crippen LogP contribution in [-0.4, -0.2) is 44.3 Å². The van der Waals surface area contributed by atoms with Crippen LogP contribution in [0.4, 0.5) is 0 Å². The van der Waals surface area contributed by atoms with Crippen LogP contribution in [0, 0.1) is 0 Å². The largest absolute Gasteiger partial charge is 0.466 e. The number of carbonyl (C=O) groups is 2. The van der Waals surface area contributed by atoms with Crippen LogP contribution in [0.25, 0.3) is 0 Å². The molecular formula is C12H22O5. The standard InChI is InChI=1S/C12H22O5/c1-4-15-8-10(3)17-9-11(13)6-7-12(14)16-5-2/h10H,4-9H2,1-3H3. The number of Topliss-reactive ketones (excluding diaryl/α,β-unsaturated/α-hetero) is 1. The Kier molecular flexibility index (Phi) is 9.66. The van der Waals surface area contributed by atoms with Crippen LogP contribution in [0.15, 0.2) is 0 Å². The number of ketones is 1. The van der Waals surface area contributed by atoms with Crippen molar-refractivity contribution in [2.24, 2.45) is 0 Å². The molecule has 0 rings (SSSR count). The number of hydrogen-bond acceptors (Lipinski definition) is 5. The van der Waals surface area contributed by atoms with Crippen molar-refractivity contribution in [3.8, 4) is 0 Å². The van der Waals surface area contributed by atoms with E-state index in [1.165, 1.54) is 0 Å². The lowest BCUT2D eigenvalue weighted by Crippen LogP contribution is -2.21. The second-order valence-electron chi connectivity index (χ2n) is 3.62. The lowest BCUT2D eigenvalue weighted by molar-refractivity contribution is -0.144. The highest BCUT2D eigenvalue weighted by atomic mass is 16.5. The van der Waals surface area contributed by atoms with Crippen molar-refractivity contribution in [3.05, 3.63) is 0 Å². The molecule has 0 aliphatic rings. The van der Waals surface area contributed by atoms with Crippen molar-refractivity contribution >= 4 is 11.8 Å². The van der Waals surface area contributed by atoms with Crippen molar-refractivity contribution in [2.45, 2.75) is 39.7 Å². The molecule has 0 aliphatic carbocycles. The number of ether oxygens (including phenoxy) is 3. The van der Waals surface area contributed by atoms with Crippen molar-refractivity contribution in [2.75, 3.05) is 26.4 Å². The van der Waals surface area contributed by atoms with Gasteiger partial charge in [-0.05, 0) is 20.8 Å². The summed E-state index contributed by atoms with van der Waals surface area (Å²) >= 11 is 0. The fourth-order valence-electron chi connectivity index (χ4n) is 1.11. The molecule has 1 atom stereocenters. The lowest BCUT2D eigenvalue weighted by Gasteiger charge is -2.11. The van der Waals surface area contributed by atoms with E-state index in [2.05, 4.69) is 0 Å². The van der Waals surface area contributed by atoms with E-state index in [1.807, 2.05) is 13.8 Å². The number of hydrogen-bond donors (Lipinski definition) is 0. The number of carbonyl (C=O) groups excluding carboxylic acids is 2. The van der Waals surface area contributed by atoms with Crippen LogP contribution in [-0.2, 0) is 23.8 Å². The molecular weight excluding hydrogens is 224 g/mol. The molecule has 0 aromatic rings. The van der Waals surface area contributed by atoms with Gasteiger partial charge in [-0.1, -0.05) is 0 Å². The lowest BCUT2D eigenvalue weighted by atomic mass is 10.2. The van der Waals surface area contributed by atoms with Gasteiger partial charge in [0.15, 0.2) is 5.78 Å². The Morgan fingerprint density at radius 3 is 2.41 bits per heavy atom. The van der Waals surface area contributed by atoms with E-state index in [0.29, 0.717) is 19.8 Å². The molecule has 0 bridgehead atoms. The van der Waals surface area contributed by atoms with Gasteiger partial charge in [0.2, 0.25) is 0 Å². The van der Waals surface area contributed by atoms with E-state index in [9.17, 15) is 9.59 Å². The van der Waals surface area contributed by atoms with Crippen LogP contribution in [0.3, 0.4) is 0 Å². The molecule has 100 valence electrons. The van der Waals surface area contributed by atoms with Gasteiger partial charge in [-0.25, -0.2) is 0 Å². The summed E-state index contributed by atoms with van der Waals surface area (Å²) in [4.78, 5) is 22.3. The van der Waals surface area contributed by atoms with E-state index in [4.69, 9.17) is 14.2 Å². The zero-order chi connectivity index (χ0) is 13.1. The molecule has 0 saturated carbocycles. The molecule has 1 unspecified atom stereocenters. The Bertz CT molecular complexity index is 227. The molecule has 0 fully saturated rings. The quantitative estimate of drug-likeness (QED) is 0.544. The Labute approximate surface area is 102 Å². The molecule has 0 aliphatic heterocycles. The average molecular weight is 246 g/mol. The summed E-state index contributed by atoms with van der Waals surface area (Å²) in [5, 5.41) is 0. The summed E-state index contributed by atoms with van der Waals surface area (Å²) in [5.41, 5.74) is 0. The van der Waals surface area contributed by atoms with Gasteiger partial charge in [-0.15, -0.1) is 0 Å². The van der Waals surface area contributed by atoms with Gasteiger partial charge in [0.1, 0.15) is 6.61 Å². The maximum absolute atomic E-state index is 11.4. The molecule has 0 heterocycles. The molecule has 0 saturated heterocycles. The highest BCUT2D eigenvalue weighted by molar-refractivity contribution is 5.83. The van der Waals surface area contributed by atoms with Gasteiger partial charge in [0.25, 0.3) is 0 Å². The fraction of sp³-hybridized carbons (Fsp3) is 0.833. The summed E-state index contributed by atoms with van der Waals surface area (Å²) < 4.78 is 15.1. The first-order valence-corrected chi connectivity index (χ1v) is 5.96. The molecule has 0 N–H and O–H groups in total. The Balaban J connectivity index is 3.55. The molecule has 0 aromatic carbocycles. The zero-order valence-electron chi connectivity index (χ0n) is 10.9. The van der Waals surface area contributed by atoms with Crippen molar-refractivity contribution < 1.29 is 23.8 Å². The summed E-state index contributed by atoms with van der Waals surface area (Å²) in [5.74, 6) is -0.440. The predicted molar refractivity (Wildman–Crippen MR) is 62.8 cm³/mol. The maximum Gasteiger partial charge on any atom is 0.306 e. The van der Waals surface area contributed by atoms with Gasteiger partial charge >= 0.3 is 5.97 Å². The third-order valence-corrected chi connectivity index (χ3v) is 2.00. The smallest absolute Gasteiger partial charge is 0.306 e. The second kappa shape index (κ2) is 10.2. The van der Waals surface area contributed by atoms with E-state index in [1.54, 1.807) is 6.92 Å². The van der Waals surface area contributed by atoms with Gasteiger partial charge in [-0.3, -0.25) is 9.59 Å². The minimum absolute atomic E-state index is 0.0215. The average Bonchev–Trinajstić information content (AvgIpc) is 2.31.